The van der Waals surface area contributed by atoms with Crippen LogP contribution in [0.25, 0.3) is 0 Å². The largest absolute Gasteiger partial charge is 0.0683 e. The van der Waals surface area contributed by atoms with Crippen LogP contribution in [0.15, 0.2) is 0 Å². The van der Waals surface area contributed by atoms with Gasteiger partial charge in [-0.3, -0.25) is 0 Å². The molecule has 0 unspecified atom stereocenters. The lowest BCUT2D eigenvalue weighted by Crippen LogP contribution is -2.07. The fraction of sp³-hybridized carbons (Fsp3) is 1.00. The maximum atomic E-state index is 2.35. The number of hydrogen-bond acceptors (Lipinski definition) is 0. The fourth-order valence-electron chi connectivity index (χ4n) is 1.94. The quantitative estimate of drug-likeness (QED) is 0.564. The van der Waals surface area contributed by atoms with Gasteiger partial charge in [0.1, 0.15) is 0 Å². The fourth-order valence-corrected chi connectivity index (χ4v) is 1.94. The third-order valence-corrected chi connectivity index (χ3v) is 2.78. The Balaban J connectivity index is 0.000000671. The Morgan fingerprint density at radius 3 is 1.85 bits per heavy atom. The second-order valence-corrected chi connectivity index (χ2v) is 5.25. The Labute approximate surface area is 85.1 Å². The van der Waals surface area contributed by atoms with Gasteiger partial charge in [0, 0.05) is 0 Å². The smallest absolute Gasteiger partial charge is 0.0383 e. The zero-order chi connectivity index (χ0) is 10.3. The van der Waals surface area contributed by atoms with Crippen molar-refractivity contribution in [2.45, 2.75) is 73.1 Å². The molecule has 0 bridgehead atoms. The van der Waals surface area contributed by atoms with Crippen molar-refractivity contribution in [1.82, 2.24) is 0 Å². The van der Waals surface area contributed by atoms with E-state index in [1.165, 1.54) is 38.5 Å². The van der Waals surface area contributed by atoms with Crippen molar-refractivity contribution in [2.24, 2.45) is 11.3 Å². The van der Waals surface area contributed by atoms with Crippen molar-refractivity contribution in [2.75, 3.05) is 0 Å². The molecular formula is C13H28. The minimum atomic E-state index is 0.558. The highest BCUT2D eigenvalue weighted by Gasteiger charge is 2.18. The summed E-state index contributed by atoms with van der Waals surface area (Å²) >= 11 is 0. The summed E-state index contributed by atoms with van der Waals surface area (Å²) in [5.41, 5.74) is 0.558. The van der Waals surface area contributed by atoms with Crippen LogP contribution in [0.3, 0.4) is 0 Å². The SMILES string of the molecule is CC.CC(C)(C)CCC1CCCC1. The average molecular weight is 184 g/mol. The minimum Gasteiger partial charge on any atom is -0.0683 e. The van der Waals surface area contributed by atoms with Gasteiger partial charge in [-0.25, -0.2) is 0 Å². The molecule has 1 aliphatic rings. The second-order valence-electron chi connectivity index (χ2n) is 5.25. The second kappa shape index (κ2) is 6.45. The first-order chi connectivity index (χ1) is 6.08. The molecule has 0 aromatic rings. The molecule has 0 spiro atoms. The molecule has 13 heavy (non-hydrogen) atoms. The van der Waals surface area contributed by atoms with Gasteiger partial charge in [0.15, 0.2) is 0 Å². The van der Waals surface area contributed by atoms with Crippen LogP contribution in [0.5, 0.6) is 0 Å². The first-order valence-electron chi connectivity index (χ1n) is 6.08. The van der Waals surface area contributed by atoms with Crippen molar-refractivity contribution >= 4 is 0 Å². The molecule has 0 aliphatic heterocycles. The molecule has 1 fully saturated rings. The van der Waals surface area contributed by atoms with Crippen molar-refractivity contribution in [3.63, 3.8) is 0 Å². The lowest BCUT2D eigenvalue weighted by Gasteiger charge is -2.20. The van der Waals surface area contributed by atoms with Crippen LogP contribution in [-0.2, 0) is 0 Å². The van der Waals surface area contributed by atoms with Crippen LogP contribution in [0.1, 0.15) is 73.1 Å². The summed E-state index contributed by atoms with van der Waals surface area (Å²) < 4.78 is 0. The zero-order valence-electron chi connectivity index (χ0n) is 10.3. The maximum Gasteiger partial charge on any atom is -0.0383 e. The first-order valence-corrected chi connectivity index (χ1v) is 6.08. The molecular weight excluding hydrogens is 156 g/mol. The van der Waals surface area contributed by atoms with Crippen LogP contribution >= 0.6 is 0 Å². The Kier molecular flexibility index (Phi) is 6.45. The summed E-state index contributed by atoms with van der Waals surface area (Å²) in [7, 11) is 0. The third kappa shape index (κ3) is 7.10. The predicted octanol–water partition coefficient (Wildman–Crippen LogP) is 5.03. The maximum absolute atomic E-state index is 2.35. The van der Waals surface area contributed by atoms with E-state index in [4.69, 9.17) is 0 Å². The lowest BCUT2D eigenvalue weighted by molar-refractivity contribution is 0.323. The van der Waals surface area contributed by atoms with E-state index in [0.29, 0.717) is 5.41 Å². The van der Waals surface area contributed by atoms with Crippen molar-refractivity contribution in [3.8, 4) is 0 Å². The average Bonchev–Trinajstić information content (AvgIpc) is 2.55. The van der Waals surface area contributed by atoms with Gasteiger partial charge < -0.3 is 0 Å². The van der Waals surface area contributed by atoms with E-state index in [1.54, 1.807) is 0 Å². The molecule has 0 heteroatoms. The van der Waals surface area contributed by atoms with Crippen molar-refractivity contribution in [1.29, 1.82) is 0 Å². The molecule has 0 heterocycles. The summed E-state index contributed by atoms with van der Waals surface area (Å²) in [4.78, 5) is 0. The molecule has 0 aromatic carbocycles. The molecule has 1 rings (SSSR count). The first kappa shape index (κ1) is 13.0. The molecule has 0 nitrogen and oxygen atoms in total. The van der Waals surface area contributed by atoms with Gasteiger partial charge in [-0.1, -0.05) is 60.3 Å². The number of rotatable bonds is 2. The highest BCUT2D eigenvalue weighted by Crippen LogP contribution is 2.32. The summed E-state index contributed by atoms with van der Waals surface area (Å²) in [5, 5.41) is 0. The molecule has 0 saturated heterocycles. The molecule has 0 amide bonds. The van der Waals surface area contributed by atoms with Gasteiger partial charge in [-0.15, -0.1) is 0 Å². The Morgan fingerprint density at radius 2 is 1.46 bits per heavy atom. The van der Waals surface area contributed by atoms with Crippen LogP contribution in [0.4, 0.5) is 0 Å². The van der Waals surface area contributed by atoms with Gasteiger partial charge in [-0.05, 0) is 24.2 Å². The van der Waals surface area contributed by atoms with E-state index in [-0.39, 0.29) is 0 Å². The molecule has 0 atom stereocenters. The monoisotopic (exact) mass is 184 g/mol. The summed E-state index contributed by atoms with van der Waals surface area (Å²) in [6, 6.07) is 0. The molecule has 0 N–H and O–H groups in total. The highest BCUT2D eigenvalue weighted by atomic mass is 14.2. The van der Waals surface area contributed by atoms with Crippen LogP contribution < -0.4 is 0 Å². The summed E-state index contributed by atoms with van der Waals surface area (Å²) in [6.45, 7) is 11.0. The van der Waals surface area contributed by atoms with Gasteiger partial charge in [0.2, 0.25) is 0 Å². The topological polar surface area (TPSA) is 0 Å². The van der Waals surface area contributed by atoms with E-state index < -0.39 is 0 Å². The molecule has 0 aromatic heterocycles. The van der Waals surface area contributed by atoms with Gasteiger partial charge in [-0.2, -0.15) is 0 Å². The van der Waals surface area contributed by atoms with E-state index in [0.717, 1.165) is 5.92 Å². The van der Waals surface area contributed by atoms with Crippen LogP contribution in [-0.4, -0.2) is 0 Å². The standard InChI is InChI=1S/C11H22.C2H6/c1-11(2,3)9-8-10-6-4-5-7-10;1-2/h10H,4-9H2,1-3H3;1-2H3. The van der Waals surface area contributed by atoms with Gasteiger partial charge >= 0.3 is 0 Å². The number of hydrogen-bond donors (Lipinski definition) is 0. The van der Waals surface area contributed by atoms with Gasteiger partial charge in [0.25, 0.3) is 0 Å². The predicted molar refractivity (Wildman–Crippen MR) is 62.0 cm³/mol. The minimum absolute atomic E-state index is 0.558. The summed E-state index contributed by atoms with van der Waals surface area (Å²) in [5.74, 6) is 1.08. The Bertz CT molecular complexity index is 102. The normalized spacial score (nSPS) is 18.2. The highest BCUT2D eigenvalue weighted by molar-refractivity contribution is 4.70. The molecule has 0 radical (unpaired) electrons. The van der Waals surface area contributed by atoms with Gasteiger partial charge in [0.05, 0.1) is 0 Å². The summed E-state index contributed by atoms with van der Waals surface area (Å²) in [6.07, 6.45) is 8.90. The Hall–Kier alpha value is 0. The van der Waals surface area contributed by atoms with E-state index >= 15 is 0 Å². The lowest BCUT2D eigenvalue weighted by atomic mass is 9.86. The third-order valence-electron chi connectivity index (χ3n) is 2.78. The zero-order valence-corrected chi connectivity index (χ0v) is 10.3. The molecule has 80 valence electrons. The van der Waals surface area contributed by atoms with E-state index in [2.05, 4.69) is 20.8 Å². The van der Waals surface area contributed by atoms with Crippen molar-refractivity contribution < 1.29 is 0 Å². The molecule has 1 aliphatic carbocycles. The van der Waals surface area contributed by atoms with Crippen molar-refractivity contribution in [3.05, 3.63) is 0 Å². The Morgan fingerprint density at radius 1 is 1.00 bits per heavy atom. The van der Waals surface area contributed by atoms with E-state index in [9.17, 15) is 0 Å². The van der Waals surface area contributed by atoms with E-state index in [1.807, 2.05) is 13.8 Å². The molecule has 1 saturated carbocycles. The van der Waals surface area contributed by atoms with Crippen LogP contribution in [0.2, 0.25) is 0 Å². The van der Waals surface area contributed by atoms with Crippen LogP contribution in [0, 0.1) is 11.3 Å².